The number of hydrogen-bond donors (Lipinski definition) is 1. The van der Waals surface area contributed by atoms with Gasteiger partial charge in [-0.3, -0.25) is 0 Å². The fraction of sp³-hybridized carbons (Fsp3) is 0.333. The van der Waals surface area contributed by atoms with Gasteiger partial charge < -0.3 is 5.32 Å². The zero-order chi connectivity index (χ0) is 9.80. The first-order valence-electron chi connectivity index (χ1n) is 5.02. The second-order valence-electron chi connectivity index (χ2n) is 3.61. The normalized spacial score (nSPS) is 21.9. The minimum atomic E-state index is 0.592. The van der Waals surface area contributed by atoms with Crippen LogP contribution in [0.4, 0.5) is 0 Å². The molecule has 1 aliphatic rings. The Kier molecular flexibility index (Phi) is 3.59. The molecule has 0 bridgehead atoms. The highest BCUT2D eigenvalue weighted by Crippen LogP contribution is 2.11. The Balaban J connectivity index is 1.99. The van der Waals surface area contributed by atoms with Crippen molar-refractivity contribution < 1.29 is 0 Å². The average molecular weight is 299 g/mol. The molecule has 0 spiro atoms. The van der Waals surface area contributed by atoms with Gasteiger partial charge >= 0.3 is 0 Å². The maximum atomic E-state index is 3.45. The van der Waals surface area contributed by atoms with E-state index in [4.69, 9.17) is 0 Å². The van der Waals surface area contributed by atoms with E-state index in [2.05, 4.69) is 64.3 Å². The molecule has 1 aliphatic heterocycles. The van der Waals surface area contributed by atoms with Gasteiger partial charge in [0.15, 0.2) is 0 Å². The Labute approximate surface area is 98.7 Å². The lowest BCUT2D eigenvalue weighted by Gasteiger charge is -2.02. The van der Waals surface area contributed by atoms with Crippen LogP contribution >= 0.6 is 22.6 Å². The monoisotopic (exact) mass is 299 g/mol. The van der Waals surface area contributed by atoms with Crippen molar-refractivity contribution in [3.8, 4) is 0 Å². The van der Waals surface area contributed by atoms with Crippen LogP contribution in [0, 0.1) is 3.57 Å². The van der Waals surface area contributed by atoms with E-state index in [-0.39, 0.29) is 0 Å². The second kappa shape index (κ2) is 4.94. The van der Waals surface area contributed by atoms with Crippen molar-refractivity contribution in [1.82, 2.24) is 5.32 Å². The van der Waals surface area contributed by atoms with Crippen LogP contribution in [0.5, 0.6) is 0 Å². The highest BCUT2D eigenvalue weighted by atomic mass is 127. The van der Waals surface area contributed by atoms with Crippen molar-refractivity contribution >= 4 is 28.7 Å². The summed E-state index contributed by atoms with van der Waals surface area (Å²) >= 11 is 2.33. The molecule has 1 fully saturated rings. The molecule has 1 saturated heterocycles. The van der Waals surface area contributed by atoms with Gasteiger partial charge in [0, 0.05) is 9.61 Å². The predicted octanol–water partition coefficient (Wildman–Crippen LogP) is 3.06. The van der Waals surface area contributed by atoms with Crippen LogP contribution < -0.4 is 5.32 Å². The maximum Gasteiger partial charge on any atom is 0.0253 e. The molecule has 14 heavy (non-hydrogen) atoms. The Morgan fingerprint density at radius 3 is 2.71 bits per heavy atom. The Morgan fingerprint density at radius 2 is 2.07 bits per heavy atom. The van der Waals surface area contributed by atoms with Gasteiger partial charge in [-0.1, -0.05) is 24.3 Å². The van der Waals surface area contributed by atoms with Crippen molar-refractivity contribution in [1.29, 1.82) is 0 Å². The van der Waals surface area contributed by atoms with Gasteiger partial charge in [-0.25, -0.2) is 0 Å². The second-order valence-corrected chi connectivity index (χ2v) is 4.86. The third kappa shape index (κ3) is 2.82. The molecule has 1 aromatic rings. The molecule has 2 heteroatoms. The van der Waals surface area contributed by atoms with E-state index in [0.29, 0.717) is 6.04 Å². The summed E-state index contributed by atoms with van der Waals surface area (Å²) in [5, 5.41) is 3.45. The zero-order valence-corrected chi connectivity index (χ0v) is 10.2. The molecule has 1 aromatic carbocycles. The molecule has 1 heterocycles. The first-order valence-corrected chi connectivity index (χ1v) is 6.09. The molecule has 1 unspecified atom stereocenters. The van der Waals surface area contributed by atoms with Crippen LogP contribution in [0.1, 0.15) is 18.4 Å². The molecule has 74 valence electrons. The summed E-state index contributed by atoms with van der Waals surface area (Å²) in [5.41, 5.74) is 1.29. The zero-order valence-electron chi connectivity index (χ0n) is 8.04. The first-order chi connectivity index (χ1) is 6.84. The predicted molar refractivity (Wildman–Crippen MR) is 69.2 cm³/mol. The molecular weight excluding hydrogens is 285 g/mol. The lowest BCUT2D eigenvalue weighted by Crippen LogP contribution is -2.17. The van der Waals surface area contributed by atoms with Gasteiger partial charge in [-0.05, 0) is 59.7 Å². The van der Waals surface area contributed by atoms with E-state index in [0.717, 1.165) is 0 Å². The molecule has 0 radical (unpaired) electrons. The minimum Gasteiger partial charge on any atom is -0.311 e. The van der Waals surface area contributed by atoms with Gasteiger partial charge in [0.1, 0.15) is 0 Å². The van der Waals surface area contributed by atoms with Crippen molar-refractivity contribution in [2.75, 3.05) is 6.54 Å². The van der Waals surface area contributed by atoms with Crippen LogP contribution in [0.15, 0.2) is 30.3 Å². The lowest BCUT2D eigenvalue weighted by atomic mass is 10.1. The topological polar surface area (TPSA) is 12.0 Å². The smallest absolute Gasteiger partial charge is 0.0253 e. The minimum absolute atomic E-state index is 0.592. The highest BCUT2D eigenvalue weighted by Gasteiger charge is 2.09. The van der Waals surface area contributed by atoms with E-state index in [1.165, 1.54) is 28.5 Å². The Hall–Kier alpha value is -0.350. The van der Waals surface area contributed by atoms with Crippen LogP contribution in [-0.2, 0) is 0 Å². The van der Waals surface area contributed by atoms with Gasteiger partial charge in [-0.15, -0.1) is 0 Å². The summed E-state index contributed by atoms with van der Waals surface area (Å²) < 4.78 is 1.29. The number of nitrogens with one attached hydrogen (secondary N) is 1. The standard InChI is InChI=1S/C12H14IN/c13-11-6-3-10(4-7-11)5-8-12-2-1-9-14-12/h3-8,12,14H,1-2,9H2/b8-5+. The summed E-state index contributed by atoms with van der Waals surface area (Å²) in [4.78, 5) is 0. The molecule has 1 nitrogen and oxygen atoms in total. The van der Waals surface area contributed by atoms with Crippen LogP contribution in [0.25, 0.3) is 6.08 Å². The summed E-state index contributed by atoms with van der Waals surface area (Å²) in [6.07, 6.45) is 7.07. The quantitative estimate of drug-likeness (QED) is 0.828. The van der Waals surface area contributed by atoms with E-state index >= 15 is 0 Å². The molecule has 0 aromatic heterocycles. The van der Waals surface area contributed by atoms with Crippen LogP contribution in [0.2, 0.25) is 0 Å². The van der Waals surface area contributed by atoms with Crippen LogP contribution in [0.3, 0.4) is 0 Å². The van der Waals surface area contributed by atoms with E-state index in [1.54, 1.807) is 0 Å². The van der Waals surface area contributed by atoms with Crippen molar-refractivity contribution in [3.05, 3.63) is 39.5 Å². The molecule has 1 atom stereocenters. The molecule has 0 amide bonds. The highest BCUT2D eigenvalue weighted by molar-refractivity contribution is 14.1. The number of halogens is 1. The molecule has 1 N–H and O–H groups in total. The summed E-state index contributed by atoms with van der Waals surface area (Å²) in [5.74, 6) is 0. The molecule has 0 saturated carbocycles. The molecular formula is C12H14IN. The van der Waals surface area contributed by atoms with Gasteiger partial charge in [-0.2, -0.15) is 0 Å². The largest absolute Gasteiger partial charge is 0.311 e. The van der Waals surface area contributed by atoms with Gasteiger partial charge in [0.2, 0.25) is 0 Å². The number of benzene rings is 1. The third-order valence-corrected chi connectivity index (χ3v) is 3.21. The first kappa shape index (κ1) is 10.2. The van der Waals surface area contributed by atoms with E-state index in [9.17, 15) is 0 Å². The van der Waals surface area contributed by atoms with Crippen molar-refractivity contribution in [3.63, 3.8) is 0 Å². The van der Waals surface area contributed by atoms with Gasteiger partial charge in [0.25, 0.3) is 0 Å². The fourth-order valence-electron chi connectivity index (χ4n) is 1.68. The third-order valence-electron chi connectivity index (χ3n) is 2.49. The Bertz CT molecular complexity index is 310. The fourth-order valence-corrected chi connectivity index (χ4v) is 2.04. The average Bonchev–Trinajstić information content (AvgIpc) is 2.70. The molecule has 0 aliphatic carbocycles. The Morgan fingerprint density at radius 1 is 1.29 bits per heavy atom. The van der Waals surface area contributed by atoms with Crippen molar-refractivity contribution in [2.45, 2.75) is 18.9 Å². The van der Waals surface area contributed by atoms with E-state index < -0.39 is 0 Å². The van der Waals surface area contributed by atoms with Gasteiger partial charge in [0.05, 0.1) is 0 Å². The van der Waals surface area contributed by atoms with E-state index in [1.807, 2.05) is 0 Å². The number of rotatable bonds is 2. The maximum absolute atomic E-state index is 3.45. The number of hydrogen-bond acceptors (Lipinski definition) is 1. The van der Waals surface area contributed by atoms with Crippen molar-refractivity contribution in [2.24, 2.45) is 0 Å². The van der Waals surface area contributed by atoms with Crippen LogP contribution in [-0.4, -0.2) is 12.6 Å². The summed E-state index contributed by atoms with van der Waals surface area (Å²) in [6, 6.07) is 9.19. The SMILES string of the molecule is Ic1ccc(/C=C/C2CCCN2)cc1. The molecule has 2 rings (SSSR count). The summed E-state index contributed by atoms with van der Waals surface area (Å²) in [7, 11) is 0. The summed E-state index contributed by atoms with van der Waals surface area (Å²) in [6.45, 7) is 1.17. The lowest BCUT2D eigenvalue weighted by molar-refractivity contribution is 0.730.